The number of ether oxygens (including phenoxy) is 2. The Kier molecular flexibility index (Phi) is 7.88. The topological polar surface area (TPSA) is 107 Å². The number of likely N-dealkylation sites (N-methyl/N-ethyl adjacent to an activating group) is 1. The van der Waals surface area contributed by atoms with E-state index < -0.39 is 15.3 Å². The third kappa shape index (κ3) is 5.25. The normalized spacial score (nSPS) is 38.9. The zero-order chi connectivity index (χ0) is 22.0. The van der Waals surface area contributed by atoms with E-state index in [4.69, 9.17) is 9.47 Å². The molecule has 11 heteroatoms. The molecule has 0 bridgehead atoms. The summed E-state index contributed by atoms with van der Waals surface area (Å²) < 4.78 is 40.5. The van der Waals surface area contributed by atoms with E-state index in [0.29, 0.717) is 31.5 Å². The lowest BCUT2D eigenvalue weighted by molar-refractivity contribution is -0.0338. The van der Waals surface area contributed by atoms with E-state index in [2.05, 4.69) is 30.9 Å². The lowest BCUT2D eigenvalue weighted by atomic mass is 9.82. The van der Waals surface area contributed by atoms with E-state index in [1.807, 2.05) is 7.05 Å². The smallest absolute Gasteiger partial charge is 0.217 e. The first-order valence-corrected chi connectivity index (χ1v) is 13.2. The van der Waals surface area contributed by atoms with Crippen LogP contribution in [0.5, 0.6) is 0 Å². The maximum Gasteiger partial charge on any atom is 0.217 e. The number of hydrogen-bond donors (Lipinski definition) is 4. The number of hydrazine groups is 2. The van der Waals surface area contributed by atoms with Gasteiger partial charge in [-0.05, 0) is 44.1 Å². The fraction of sp³-hybridized carbons (Fsp3) is 1.00. The molecule has 1 aliphatic carbocycles. The number of rotatable bonds is 8. The van der Waals surface area contributed by atoms with Crippen molar-refractivity contribution in [3.63, 3.8) is 0 Å². The van der Waals surface area contributed by atoms with E-state index in [9.17, 15) is 8.42 Å². The predicted octanol–water partition coefficient (Wildman–Crippen LogP) is -0.931. The minimum absolute atomic E-state index is 0.0218. The Bertz CT molecular complexity index is 695. The van der Waals surface area contributed by atoms with Crippen molar-refractivity contribution in [2.45, 2.75) is 61.7 Å². The van der Waals surface area contributed by atoms with Crippen molar-refractivity contribution in [1.82, 2.24) is 30.9 Å². The third-order valence-electron chi connectivity index (χ3n) is 7.67. The minimum Gasteiger partial charge on any atom is -0.382 e. The Labute approximate surface area is 186 Å². The second-order valence-corrected chi connectivity index (χ2v) is 11.5. The average Bonchev–Trinajstić information content (AvgIpc) is 3.40. The molecular weight excluding hydrogens is 420 g/mol. The van der Waals surface area contributed by atoms with Crippen LogP contribution in [0.3, 0.4) is 0 Å². The quantitative estimate of drug-likeness (QED) is 0.365. The van der Waals surface area contributed by atoms with E-state index in [1.165, 1.54) is 6.42 Å². The van der Waals surface area contributed by atoms with Crippen LogP contribution in [-0.2, 0) is 19.5 Å². The van der Waals surface area contributed by atoms with Gasteiger partial charge >= 0.3 is 0 Å². The third-order valence-corrected chi connectivity index (χ3v) is 9.49. The summed E-state index contributed by atoms with van der Waals surface area (Å²) in [6, 6.07) is 0.216. The van der Waals surface area contributed by atoms with Crippen LogP contribution >= 0.6 is 0 Å². The monoisotopic (exact) mass is 460 g/mol. The molecule has 3 aliphatic heterocycles. The predicted molar refractivity (Wildman–Crippen MR) is 118 cm³/mol. The number of methoxy groups -OCH3 is 2. The van der Waals surface area contributed by atoms with Gasteiger partial charge in [-0.15, -0.1) is 0 Å². The van der Waals surface area contributed by atoms with Crippen molar-refractivity contribution in [2.24, 2.45) is 11.8 Å². The molecule has 4 fully saturated rings. The van der Waals surface area contributed by atoms with Crippen molar-refractivity contribution in [3.8, 4) is 0 Å². The highest BCUT2D eigenvalue weighted by atomic mass is 32.2. The molecule has 4 N–H and O–H groups in total. The van der Waals surface area contributed by atoms with Gasteiger partial charge in [0.2, 0.25) is 10.0 Å². The van der Waals surface area contributed by atoms with Crippen molar-refractivity contribution < 1.29 is 17.9 Å². The summed E-state index contributed by atoms with van der Waals surface area (Å²) in [6.07, 6.45) is 5.24. The molecule has 180 valence electrons. The molecule has 0 amide bonds. The largest absolute Gasteiger partial charge is 0.382 e. The standard InChI is InChI=1S/C20H40N6O4S/c1-25-20-15(10-22-25)5-4-6-17(20)24-31(27,28)16-11-23-26(12-16)19-9-14(7-8-21-19)18(30-3)13-29-2/h14-24H,4-13H2,1-3H3/t14?,15?,16?,17?,18-,19?,20?/m1/s1. The van der Waals surface area contributed by atoms with Crippen LogP contribution in [0.4, 0.5) is 0 Å². The molecule has 0 aromatic heterocycles. The van der Waals surface area contributed by atoms with Gasteiger partial charge in [0.25, 0.3) is 0 Å². The van der Waals surface area contributed by atoms with Crippen LogP contribution in [0.2, 0.25) is 0 Å². The first kappa shape index (κ1) is 23.8. The van der Waals surface area contributed by atoms with Crippen LogP contribution in [-0.4, -0.2) is 102 Å². The summed E-state index contributed by atoms with van der Waals surface area (Å²) in [7, 11) is 2.04. The molecule has 1 saturated carbocycles. The SMILES string of the molecule is COC[C@@H](OC)C1CCNC(N2CC(S(=O)(=O)NC3CCCC4CNN(C)C43)CN2)C1. The Morgan fingerprint density at radius 1 is 1.16 bits per heavy atom. The Morgan fingerprint density at radius 3 is 2.77 bits per heavy atom. The van der Waals surface area contributed by atoms with Gasteiger partial charge in [-0.3, -0.25) is 10.9 Å². The fourth-order valence-corrected chi connectivity index (χ4v) is 7.48. The van der Waals surface area contributed by atoms with Gasteiger partial charge in [0.15, 0.2) is 0 Å². The summed E-state index contributed by atoms with van der Waals surface area (Å²) >= 11 is 0. The molecule has 7 atom stereocenters. The average molecular weight is 461 g/mol. The maximum absolute atomic E-state index is 13.3. The highest BCUT2D eigenvalue weighted by Crippen LogP contribution is 2.31. The molecule has 0 aromatic rings. The minimum atomic E-state index is -3.42. The van der Waals surface area contributed by atoms with Crippen LogP contribution in [0.25, 0.3) is 0 Å². The van der Waals surface area contributed by atoms with E-state index in [0.717, 1.165) is 38.8 Å². The molecule has 31 heavy (non-hydrogen) atoms. The second-order valence-electron chi connectivity index (χ2n) is 9.54. The number of nitrogens with one attached hydrogen (secondary N) is 4. The molecule has 0 spiro atoms. The molecule has 0 aromatic carbocycles. The molecular formula is C20H40N6O4S. The lowest BCUT2D eigenvalue weighted by Gasteiger charge is -2.38. The van der Waals surface area contributed by atoms with Gasteiger partial charge in [-0.25, -0.2) is 23.2 Å². The molecule has 4 aliphatic rings. The number of fused-ring (bicyclic) bond motifs is 1. The maximum atomic E-state index is 13.3. The zero-order valence-corrected chi connectivity index (χ0v) is 19.9. The first-order chi connectivity index (χ1) is 14.9. The first-order valence-electron chi connectivity index (χ1n) is 11.7. The Balaban J connectivity index is 1.34. The molecule has 0 radical (unpaired) electrons. The van der Waals surface area contributed by atoms with Gasteiger partial charge in [-0.1, -0.05) is 6.42 Å². The van der Waals surface area contributed by atoms with Gasteiger partial charge in [-0.2, -0.15) is 0 Å². The number of sulfonamides is 1. The number of piperidine rings is 1. The van der Waals surface area contributed by atoms with Crippen molar-refractivity contribution in [3.05, 3.63) is 0 Å². The van der Waals surface area contributed by atoms with Crippen LogP contribution in [0, 0.1) is 11.8 Å². The molecule has 10 nitrogen and oxygen atoms in total. The van der Waals surface area contributed by atoms with Gasteiger partial charge in [0, 0.05) is 53.0 Å². The summed E-state index contributed by atoms with van der Waals surface area (Å²) in [4.78, 5) is 0. The van der Waals surface area contributed by atoms with Crippen LogP contribution in [0.1, 0.15) is 32.1 Å². The van der Waals surface area contributed by atoms with E-state index in [1.54, 1.807) is 14.2 Å². The van der Waals surface area contributed by atoms with Gasteiger partial charge < -0.3 is 14.8 Å². The summed E-state index contributed by atoms with van der Waals surface area (Å²) in [5, 5.41) is 7.26. The van der Waals surface area contributed by atoms with E-state index in [-0.39, 0.29) is 24.4 Å². The van der Waals surface area contributed by atoms with Crippen LogP contribution < -0.4 is 20.9 Å². The Morgan fingerprint density at radius 2 is 2.00 bits per heavy atom. The number of hydrogen-bond acceptors (Lipinski definition) is 9. The summed E-state index contributed by atoms with van der Waals surface area (Å²) in [5.41, 5.74) is 6.72. The zero-order valence-electron chi connectivity index (χ0n) is 19.0. The number of nitrogens with zero attached hydrogens (tertiary/aromatic N) is 2. The Hall–Kier alpha value is -0.370. The van der Waals surface area contributed by atoms with Crippen molar-refractivity contribution in [1.29, 1.82) is 0 Å². The molecule has 4 rings (SSSR count). The fourth-order valence-electron chi connectivity index (χ4n) is 5.95. The van der Waals surface area contributed by atoms with Gasteiger partial charge in [0.05, 0.1) is 18.9 Å². The van der Waals surface area contributed by atoms with E-state index >= 15 is 0 Å². The lowest BCUT2D eigenvalue weighted by Crippen LogP contribution is -2.56. The summed E-state index contributed by atoms with van der Waals surface area (Å²) in [6.45, 7) is 3.33. The van der Waals surface area contributed by atoms with Crippen molar-refractivity contribution >= 4 is 10.0 Å². The highest BCUT2D eigenvalue weighted by molar-refractivity contribution is 7.90. The molecule has 3 saturated heterocycles. The highest BCUT2D eigenvalue weighted by Gasteiger charge is 2.44. The van der Waals surface area contributed by atoms with Crippen molar-refractivity contribution in [2.75, 3.05) is 54.1 Å². The molecule has 6 unspecified atom stereocenters. The second kappa shape index (κ2) is 10.3. The molecule has 3 heterocycles. The van der Waals surface area contributed by atoms with Crippen LogP contribution in [0.15, 0.2) is 0 Å². The summed E-state index contributed by atoms with van der Waals surface area (Å²) in [5.74, 6) is 0.908. The van der Waals surface area contributed by atoms with Gasteiger partial charge in [0.1, 0.15) is 5.25 Å².